The highest BCUT2D eigenvalue weighted by molar-refractivity contribution is 7.09. The van der Waals surface area contributed by atoms with Gasteiger partial charge in [0.15, 0.2) is 0 Å². The summed E-state index contributed by atoms with van der Waals surface area (Å²) >= 11 is 1.71. The number of aryl methyl sites for hydroxylation is 1. The molecule has 2 N–H and O–H groups in total. The van der Waals surface area contributed by atoms with Crippen molar-refractivity contribution in [1.82, 2.24) is 4.98 Å². The van der Waals surface area contributed by atoms with E-state index in [1.54, 1.807) is 11.3 Å². The van der Waals surface area contributed by atoms with Crippen LogP contribution >= 0.6 is 11.3 Å². The van der Waals surface area contributed by atoms with Crippen molar-refractivity contribution in [3.63, 3.8) is 0 Å². The van der Waals surface area contributed by atoms with Gasteiger partial charge >= 0.3 is 0 Å². The fourth-order valence-electron chi connectivity index (χ4n) is 2.18. The molecule has 2 aromatic carbocycles. The average Bonchev–Trinajstić information content (AvgIpc) is 3.01. The molecule has 0 fully saturated rings. The van der Waals surface area contributed by atoms with Crippen LogP contribution in [0.15, 0.2) is 60.0 Å². The molecule has 1 heterocycles. The first kappa shape index (κ1) is 14.6. The topological polar surface area (TPSA) is 48.1 Å². The van der Waals surface area contributed by atoms with Gasteiger partial charge in [-0.15, -0.1) is 11.3 Å². The summed E-state index contributed by atoms with van der Waals surface area (Å²) in [5.41, 5.74) is 8.67. The van der Waals surface area contributed by atoms with Crippen LogP contribution < -0.4 is 10.5 Å². The Bertz CT molecular complexity index is 725. The maximum Gasteiger partial charge on any atom is 0.121 e. The minimum Gasteiger partial charge on any atom is -0.494 e. The summed E-state index contributed by atoms with van der Waals surface area (Å²) in [4.78, 5) is 4.68. The summed E-state index contributed by atoms with van der Waals surface area (Å²) < 4.78 is 5.70. The Hall–Kier alpha value is -2.33. The molecule has 3 rings (SSSR count). The molecule has 0 aliphatic carbocycles. The SMILES string of the molecule is Nc1cccc(OCCCc2nc(-c3ccccc3)cs2)c1. The van der Waals surface area contributed by atoms with E-state index < -0.39 is 0 Å². The molecule has 3 nitrogen and oxygen atoms in total. The van der Waals surface area contributed by atoms with Gasteiger partial charge in [-0.25, -0.2) is 4.98 Å². The molecule has 4 heteroatoms. The third-order valence-corrected chi connectivity index (χ3v) is 4.19. The molecule has 0 atom stereocenters. The van der Waals surface area contributed by atoms with E-state index in [9.17, 15) is 0 Å². The molecule has 0 aliphatic heterocycles. The highest BCUT2D eigenvalue weighted by Gasteiger charge is 2.04. The van der Waals surface area contributed by atoms with E-state index in [1.807, 2.05) is 42.5 Å². The van der Waals surface area contributed by atoms with Gasteiger partial charge in [-0.05, 0) is 18.6 Å². The van der Waals surface area contributed by atoms with E-state index >= 15 is 0 Å². The lowest BCUT2D eigenvalue weighted by molar-refractivity contribution is 0.311. The molecule has 3 aromatic rings. The quantitative estimate of drug-likeness (QED) is 0.542. The predicted molar refractivity (Wildman–Crippen MR) is 92.2 cm³/mol. The molecule has 112 valence electrons. The second kappa shape index (κ2) is 7.09. The Labute approximate surface area is 134 Å². The summed E-state index contributed by atoms with van der Waals surface area (Å²) in [5.74, 6) is 0.823. The summed E-state index contributed by atoms with van der Waals surface area (Å²) in [6.07, 6.45) is 1.87. The van der Waals surface area contributed by atoms with Crippen molar-refractivity contribution < 1.29 is 4.74 Å². The van der Waals surface area contributed by atoms with Crippen LogP contribution in [-0.4, -0.2) is 11.6 Å². The predicted octanol–water partition coefficient (Wildman–Crippen LogP) is 4.40. The normalized spacial score (nSPS) is 10.5. The zero-order valence-corrected chi connectivity index (χ0v) is 13.1. The minimum absolute atomic E-state index is 0.670. The van der Waals surface area contributed by atoms with Gasteiger partial charge in [0.2, 0.25) is 0 Å². The van der Waals surface area contributed by atoms with Gasteiger partial charge in [0, 0.05) is 29.1 Å². The van der Waals surface area contributed by atoms with E-state index in [0.29, 0.717) is 6.61 Å². The van der Waals surface area contributed by atoms with Gasteiger partial charge in [0.1, 0.15) is 5.75 Å². The average molecular weight is 310 g/mol. The van der Waals surface area contributed by atoms with Crippen molar-refractivity contribution in [2.75, 3.05) is 12.3 Å². The van der Waals surface area contributed by atoms with Gasteiger partial charge in [0.05, 0.1) is 17.3 Å². The third kappa shape index (κ3) is 3.86. The highest BCUT2D eigenvalue weighted by atomic mass is 32.1. The van der Waals surface area contributed by atoms with Crippen LogP contribution in [0.3, 0.4) is 0 Å². The van der Waals surface area contributed by atoms with Crippen molar-refractivity contribution in [1.29, 1.82) is 0 Å². The first-order valence-electron chi connectivity index (χ1n) is 7.29. The second-order valence-electron chi connectivity index (χ2n) is 5.02. The number of nitrogens with two attached hydrogens (primary N) is 1. The van der Waals surface area contributed by atoms with Crippen molar-refractivity contribution >= 4 is 17.0 Å². The van der Waals surface area contributed by atoms with Gasteiger partial charge in [-0.3, -0.25) is 0 Å². The van der Waals surface area contributed by atoms with Gasteiger partial charge in [-0.2, -0.15) is 0 Å². The lowest BCUT2D eigenvalue weighted by Gasteiger charge is -2.05. The number of ether oxygens (including phenoxy) is 1. The van der Waals surface area contributed by atoms with E-state index in [2.05, 4.69) is 22.5 Å². The van der Waals surface area contributed by atoms with Crippen molar-refractivity contribution in [2.45, 2.75) is 12.8 Å². The first-order valence-corrected chi connectivity index (χ1v) is 8.17. The summed E-state index contributed by atoms with van der Waals surface area (Å²) in [6, 6.07) is 17.8. The number of hydrogen-bond acceptors (Lipinski definition) is 4. The number of rotatable bonds is 6. The molecule has 0 saturated carbocycles. The minimum atomic E-state index is 0.670. The number of hydrogen-bond donors (Lipinski definition) is 1. The molecule has 22 heavy (non-hydrogen) atoms. The Morgan fingerprint density at radius 1 is 1.05 bits per heavy atom. The Balaban J connectivity index is 1.49. The van der Waals surface area contributed by atoms with E-state index in [4.69, 9.17) is 10.5 Å². The first-order chi connectivity index (χ1) is 10.8. The molecule has 0 saturated heterocycles. The Kier molecular flexibility index (Phi) is 4.71. The molecule has 1 aromatic heterocycles. The molecule has 0 spiro atoms. The van der Waals surface area contributed by atoms with E-state index in [0.717, 1.165) is 35.0 Å². The van der Waals surface area contributed by atoms with E-state index in [1.165, 1.54) is 5.56 Å². The maximum atomic E-state index is 5.72. The van der Waals surface area contributed by atoms with Crippen molar-refractivity contribution in [3.8, 4) is 17.0 Å². The molecular weight excluding hydrogens is 292 g/mol. The number of nitrogen functional groups attached to an aromatic ring is 1. The summed E-state index contributed by atoms with van der Waals surface area (Å²) in [7, 11) is 0. The lowest BCUT2D eigenvalue weighted by atomic mass is 10.2. The highest BCUT2D eigenvalue weighted by Crippen LogP contribution is 2.22. The van der Waals surface area contributed by atoms with Crippen molar-refractivity contribution in [3.05, 3.63) is 65.0 Å². The van der Waals surface area contributed by atoms with Crippen LogP contribution in [0.4, 0.5) is 5.69 Å². The summed E-state index contributed by atoms with van der Waals surface area (Å²) in [6.45, 7) is 0.670. The smallest absolute Gasteiger partial charge is 0.121 e. The van der Waals surface area contributed by atoms with E-state index in [-0.39, 0.29) is 0 Å². The molecule has 0 bridgehead atoms. The van der Waals surface area contributed by atoms with Crippen molar-refractivity contribution in [2.24, 2.45) is 0 Å². The molecule has 0 radical (unpaired) electrons. The van der Waals surface area contributed by atoms with Crippen LogP contribution in [0.25, 0.3) is 11.3 Å². The summed E-state index contributed by atoms with van der Waals surface area (Å²) in [5, 5.41) is 3.26. The molecule has 0 unspecified atom stereocenters. The largest absolute Gasteiger partial charge is 0.494 e. The Morgan fingerprint density at radius 3 is 2.73 bits per heavy atom. The number of anilines is 1. The van der Waals surface area contributed by atoms with Gasteiger partial charge < -0.3 is 10.5 Å². The monoisotopic (exact) mass is 310 g/mol. The molecule has 0 aliphatic rings. The standard InChI is InChI=1S/C18H18N2OS/c19-15-8-4-9-16(12-15)21-11-5-10-18-20-17(13-22-18)14-6-2-1-3-7-14/h1-4,6-9,12-13H,5,10-11,19H2. The Morgan fingerprint density at radius 2 is 1.91 bits per heavy atom. The number of aromatic nitrogens is 1. The number of thiazole rings is 1. The number of nitrogens with zero attached hydrogens (tertiary/aromatic N) is 1. The molecular formula is C18H18N2OS. The van der Waals surface area contributed by atoms with Gasteiger partial charge in [-0.1, -0.05) is 36.4 Å². The van der Waals surface area contributed by atoms with Gasteiger partial charge in [0.25, 0.3) is 0 Å². The second-order valence-corrected chi connectivity index (χ2v) is 5.96. The van der Waals surface area contributed by atoms with Crippen LogP contribution in [-0.2, 0) is 6.42 Å². The van der Waals surface area contributed by atoms with Crippen LogP contribution in [0.1, 0.15) is 11.4 Å². The molecule has 0 amide bonds. The zero-order valence-electron chi connectivity index (χ0n) is 12.2. The van der Waals surface area contributed by atoms with Crippen LogP contribution in [0.5, 0.6) is 5.75 Å². The fourth-order valence-corrected chi connectivity index (χ4v) is 3.03. The van der Waals surface area contributed by atoms with Crippen LogP contribution in [0, 0.1) is 0 Å². The third-order valence-electron chi connectivity index (χ3n) is 3.28. The number of benzene rings is 2. The lowest BCUT2D eigenvalue weighted by Crippen LogP contribution is -1.99. The zero-order chi connectivity index (χ0) is 15.2. The van der Waals surface area contributed by atoms with Crippen LogP contribution in [0.2, 0.25) is 0 Å². The fraction of sp³-hybridized carbons (Fsp3) is 0.167. The maximum absolute atomic E-state index is 5.72.